The fourth-order valence-electron chi connectivity index (χ4n) is 2.04. The fraction of sp³-hybridized carbons (Fsp3) is 0.929. The highest BCUT2D eigenvalue weighted by atomic mass is 16.4. The molecule has 0 aromatic heterocycles. The molecule has 102 valence electrons. The number of rotatable bonds is 12. The van der Waals surface area contributed by atoms with E-state index in [-0.39, 0.29) is 0 Å². The Morgan fingerprint density at radius 3 is 1.82 bits per heavy atom. The zero-order valence-corrected chi connectivity index (χ0v) is 11.6. The fourth-order valence-corrected chi connectivity index (χ4v) is 2.04. The van der Waals surface area contributed by atoms with Crippen LogP contribution in [0, 0.1) is 0 Å². The van der Waals surface area contributed by atoms with Gasteiger partial charge in [-0.2, -0.15) is 0 Å². The van der Waals surface area contributed by atoms with E-state index in [1.807, 2.05) is 0 Å². The first kappa shape index (κ1) is 16.4. The molecule has 0 unspecified atom stereocenters. The molecule has 0 heterocycles. The molecule has 0 spiro atoms. The predicted molar refractivity (Wildman–Crippen MR) is 72.4 cm³/mol. The van der Waals surface area contributed by atoms with Crippen molar-refractivity contribution in [2.24, 2.45) is 0 Å². The molecule has 0 bridgehead atoms. The summed E-state index contributed by atoms with van der Waals surface area (Å²) >= 11 is 0. The van der Waals surface area contributed by atoms with Crippen molar-refractivity contribution in [1.29, 1.82) is 0 Å². The average molecular weight is 243 g/mol. The normalized spacial score (nSPS) is 11.0. The third kappa shape index (κ3) is 11.7. The second-order valence-corrected chi connectivity index (χ2v) is 4.65. The molecule has 0 aromatic carbocycles. The third-order valence-corrected chi connectivity index (χ3v) is 3.26. The summed E-state index contributed by atoms with van der Waals surface area (Å²) in [7, 11) is 0. The maximum absolute atomic E-state index is 10.3. The number of carbonyl (C=O) groups is 1. The topological polar surface area (TPSA) is 40.5 Å². The molecule has 17 heavy (non-hydrogen) atoms. The predicted octanol–water partition coefficient (Wildman–Crippen LogP) is 3.53. The maximum Gasteiger partial charge on any atom is 0.303 e. The van der Waals surface area contributed by atoms with Crippen LogP contribution in [0.1, 0.15) is 65.2 Å². The van der Waals surface area contributed by atoms with E-state index in [1.165, 1.54) is 38.6 Å². The Morgan fingerprint density at radius 2 is 1.35 bits per heavy atom. The van der Waals surface area contributed by atoms with Crippen molar-refractivity contribution in [3.8, 4) is 0 Å². The molecule has 0 radical (unpaired) electrons. The van der Waals surface area contributed by atoms with Gasteiger partial charge in [-0.05, 0) is 32.5 Å². The van der Waals surface area contributed by atoms with E-state index in [9.17, 15) is 4.79 Å². The zero-order valence-electron chi connectivity index (χ0n) is 11.6. The van der Waals surface area contributed by atoms with E-state index in [0.717, 1.165) is 25.9 Å². The molecule has 0 aliphatic carbocycles. The van der Waals surface area contributed by atoms with Crippen LogP contribution in [0.2, 0.25) is 0 Å². The second-order valence-electron chi connectivity index (χ2n) is 4.65. The molecule has 0 atom stereocenters. The van der Waals surface area contributed by atoms with Gasteiger partial charge in [0.15, 0.2) is 0 Å². The van der Waals surface area contributed by atoms with Gasteiger partial charge in [0, 0.05) is 6.42 Å². The number of nitrogens with zero attached hydrogens (tertiary/aromatic N) is 1. The van der Waals surface area contributed by atoms with Gasteiger partial charge in [0.1, 0.15) is 0 Å². The number of unbranched alkanes of at least 4 members (excludes halogenated alkanes) is 6. The molecule has 0 aliphatic heterocycles. The van der Waals surface area contributed by atoms with Gasteiger partial charge in [0.05, 0.1) is 0 Å². The number of carboxylic acid groups (broad SMARTS) is 1. The maximum atomic E-state index is 10.3. The standard InChI is InChI=1S/C14H29NO2/c1-3-15(4-2)13-11-9-7-5-6-8-10-12-14(16)17/h3-13H2,1-2H3,(H,16,17). The summed E-state index contributed by atoms with van der Waals surface area (Å²) in [6.45, 7) is 7.97. The van der Waals surface area contributed by atoms with Crippen LogP contribution < -0.4 is 0 Å². The first-order valence-corrected chi connectivity index (χ1v) is 7.14. The lowest BCUT2D eigenvalue weighted by Crippen LogP contribution is -2.23. The van der Waals surface area contributed by atoms with Gasteiger partial charge < -0.3 is 10.0 Å². The summed E-state index contributed by atoms with van der Waals surface area (Å²) in [4.78, 5) is 12.8. The minimum atomic E-state index is -0.663. The Morgan fingerprint density at radius 1 is 0.882 bits per heavy atom. The van der Waals surface area contributed by atoms with E-state index in [2.05, 4.69) is 18.7 Å². The average Bonchev–Trinajstić information content (AvgIpc) is 2.31. The van der Waals surface area contributed by atoms with Gasteiger partial charge in [0.25, 0.3) is 0 Å². The molecule has 3 heteroatoms. The van der Waals surface area contributed by atoms with Crippen LogP contribution in [-0.4, -0.2) is 35.6 Å². The lowest BCUT2D eigenvalue weighted by molar-refractivity contribution is -0.137. The van der Waals surface area contributed by atoms with Crippen LogP contribution in [-0.2, 0) is 4.79 Å². The Kier molecular flexibility index (Phi) is 11.5. The van der Waals surface area contributed by atoms with Gasteiger partial charge in [-0.15, -0.1) is 0 Å². The Labute approximate surface area is 106 Å². The Bertz CT molecular complexity index is 179. The van der Waals surface area contributed by atoms with E-state index in [1.54, 1.807) is 0 Å². The smallest absolute Gasteiger partial charge is 0.303 e. The van der Waals surface area contributed by atoms with Crippen LogP contribution in [0.5, 0.6) is 0 Å². The van der Waals surface area contributed by atoms with Gasteiger partial charge >= 0.3 is 5.97 Å². The first-order valence-electron chi connectivity index (χ1n) is 7.14. The van der Waals surface area contributed by atoms with Crippen molar-refractivity contribution in [3.05, 3.63) is 0 Å². The summed E-state index contributed by atoms with van der Waals surface area (Å²) in [5.74, 6) is -0.663. The molecule has 0 rings (SSSR count). The second kappa shape index (κ2) is 11.9. The Balaban J connectivity index is 3.10. The van der Waals surface area contributed by atoms with Crippen molar-refractivity contribution in [3.63, 3.8) is 0 Å². The summed E-state index contributed by atoms with van der Waals surface area (Å²) in [5, 5.41) is 8.48. The summed E-state index contributed by atoms with van der Waals surface area (Å²) < 4.78 is 0. The summed E-state index contributed by atoms with van der Waals surface area (Å²) in [6, 6.07) is 0. The summed E-state index contributed by atoms with van der Waals surface area (Å²) in [5.41, 5.74) is 0. The van der Waals surface area contributed by atoms with Gasteiger partial charge in [-0.3, -0.25) is 4.79 Å². The van der Waals surface area contributed by atoms with Gasteiger partial charge in [0.2, 0.25) is 0 Å². The number of aliphatic carboxylic acids is 1. The summed E-state index contributed by atoms with van der Waals surface area (Å²) in [6.07, 6.45) is 8.62. The number of hydrogen-bond donors (Lipinski definition) is 1. The van der Waals surface area contributed by atoms with Crippen LogP contribution in [0.25, 0.3) is 0 Å². The zero-order chi connectivity index (χ0) is 12.9. The molecule has 0 fully saturated rings. The van der Waals surface area contributed by atoms with Crippen LogP contribution in [0.15, 0.2) is 0 Å². The molecule has 3 nitrogen and oxygen atoms in total. The molecule has 0 amide bonds. The minimum Gasteiger partial charge on any atom is -0.481 e. The van der Waals surface area contributed by atoms with Crippen molar-refractivity contribution in [1.82, 2.24) is 4.90 Å². The largest absolute Gasteiger partial charge is 0.481 e. The monoisotopic (exact) mass is 243 g/mol. The molecule has 0 aromatic rings. The van der Waals surface area contributed by atoms with E-state index in [4.69, 9.17) is 5.11 Å². The first-order chi connectivity index (χ1) is 8.20. The minimum absolute atomic E-state index is 0.335. The highest BCUT2D eigenvalue weighted by molar-refractivity contribution is 5.66. The van der Waals surface area contributed by atoms with Crippen LogP contribution in [0.3, 0.4) is 0 Å². The SMILES string of the molecule is CCN(CC)CCCCCCCCCC(=O)O. The third-order valence-electron chi connectivity index (χ3n) is 3.26. The van der Waals surface area contributed by atoms with Gasteiger partial charge in [-0.25, -0.2) is 0 Å². The molecular weight excluding hydrogens is 214 g/mol. The lowest BCUT2D eigenvalue weighted by Gasteiger charge is -2.17. The van der Waals surface area contributed by atoms with Crippen molar-refractivity contribution < 1.29 is 9.90 Å². The van der Waals surface area contributed by atoms with E-state index < -0.39 is 5.97 Å². The quantitative estimate of drug-likeness (QED) is 0.533. The number of hydrogen-bond acceptors (Lipinski definition) is 2. The van der Waals surface area contributed by atoms with E-state index >= 15 is 0 Å². The lowest BCUT2D eigenvalue weighted by atomic mass is 10.1. The molecule has 0 saturated carbocycles. The molecule has 0 aliphatic rings. The van der Waals surface area contributed by atoms with Crippen LogP contribution in [0.4, 0.5) is 0 Å². The van der Waals surface area contributed by atoms with E-state index in [0.29, 0.717) is 6.42 Å². The van der Waals surface area contributed by atoms with Gasteiger partial charge in [-0.1, -0.05) is 46.0 Å². The molecule has 1 N–H and O–H groups in total. The molecular formula is C14H29NO2. The highest BCUT2D eigenvalue weighted by Gasteiger charge is 1.99. The molecule has 0 saturated heterocycles. The van der Waals surface area contributed by atoms with Crippen molar-refractivity contribution in [2.75, 3.05) is 19.6 Å². The van der Waals surface area contributed by atoms with Crippen molar-refractivity contribution in [2.45, 2.75) is 65.2 Å². The number of carboxylic acids is 1. The highest BCUT2D eigenvalue weighted by Crippen LogP contribution is 2.09. The van der Waals surface area contributed by atoms with Crippen LogP contribution >= 0.6 is 0 Å². The van der Waals surface area contributed by atoms with Crippen molar-refractivity contribution >= 4 is 5.97 Å². The Hall–Kier alpha value is -0.570.